The summed E-state index contributed by atoms with van der Waals surface area (Å²) in [6, 6.07) is 1.44. The summed E-state index contributed by atoms with van der Waals surface area (Å²) in [6.45, 7) is 4.15. The highest BCUT2D eigenvalue weighted by atomic mass is 32.2. The lowest BCUT2D eigenvalue weighted by molar-refractivity contribution is 0.0692. The van der Waals surface area contributed by atoms with E-state index in [1.807, 2.05) is 0 Å². The van der Waals surface area contributed by atoms with Crippen LogP contribution in [0.1, 0.15) is 24.2 Å². The fraction of sp³-hybridized carbons (Fsp3) is 0.400. The summed E-state index contributed by atoms with van der Waals surface area (Å²) in [5.74, 6) is 0.356. The van der Waals surface area contributed by atoms with Gasteiger partial charge in [0.15, 0.2) is 0 Å². The van der Waals surface area contributed by atoms with E-state index >= 15 is 0 Å². The minimum atomic E-state index is -0.985. The van der Waals surface area contributed by atoms with Gasteiger partial charge in [0.25, 0.3) is 0 Å². The molecule has 0 aliphatic rings. The van der Waals surface area contributed by atoms with Gasteiger partial charge in [-0.15, -0.1) is 11.8 Å². The van der Waals surface area contributed by atoms with Crippen molar-refractivity contribution in [2.45, 2.75) is 18.9 Å². The van der Waals surface area contributed by atoms with Crippen LogP contribution >= 0.6 is 11.8 Å². The number of aromatic carboxylic acids is 1. The molecule has 0 aliphatic carbocycles. The van der Waals surface area contributed by atoms with Gasteiger partial charge < -0.3 is 10.8 Å². The van der Waals surface area contributed by atoms with E-state index in [-0.39, 0.29) is 5.56 Å². The van der Waals surface area contributed by atoms with Crippen LogP contribution < -0.4 is 5.73 Å². The Morgan fingerprint density at radius 2 is 2.33 bits per heavy atom. The molecule has 1 rings (SSSR count). The van der Waals surface area contributed by atoms with Crippen molar-refractivity contribution in [2.75, 3.05) is 11.5 Å². The number of hydrogen-bond donors (Lipinski definition) is 2. The van der Waals surface area contributed by atoms with Gasteiger partial charge in [0.05, 0.1) is 17.4 Å². The predicted molar refractivity (Wildman–Crippen MR) is 61.2 cm³/mol. The van der Waals surface area contributed by atoms with Gasteiger partial charge in [-0.05, 0) is 12.0 Å². The highest BCUT2D eigenvalue weighted by molar-refractivity contribution is 7.99. The predicted octanol–water partition coefficient (Wildman–Crippen LogP) is 2.11. The summed E-state index contributed by atoms with van der Waals surface area (Å²) in [4.78, 5) is 14.9. The lowest BCUT2D eigenvalue weighted by Gasteiger charge is -2.07. The molecule has 0 spiro atoms. The molecule has 3 N–H and O–H groups in total. The van der Waals surface area contributed by atoms with Crippen molar-refractivity contribution < 1.29 is 9.90 Å². The van der Waals surface area contributed by atoms with Crippen LogP contribution in [0.4, 0.5) is 5.69 Å². The van der Waals surface area contributed by atoms with Gasteiger partial charge in [0, 0.05) is 5.75 Å². The molecule has 0 radical (unpaired) electrons. The first-order valence-corrected chi connectivity index (χ1v) is 5.61. The maximum Gasteiger partial charge on any atom is 0.338 e. The Kier molecular flexibility index (Phi) is 3.96. The van der Waals surface area contributed by atoms with Gasteiger partial charge in [-0.1, -0.05) is 13.8 Å². The number of hydrogen-bond acceptors (Lipinski definition) is 4. The molecule has 0 unspecified atom stereocenters. The molecule has 0 fully saturated rings. The van der Waals surface area contributed by atoms with Crippen LogP contribution in [0.15, 0.2) is 17.3 Å². The highest BCUT2D eigenvalue weighted by Crippen LogP contribution is 2.23. The fourth-order valence-corrected chi connectivity index (χ4v) is 1.90. The molecule has 5 heteroatoms. The molecular weight excluding hydrogens is 212 g/mol. The third kappa shape index (κ3) is 3.43. The summed E-state index contributed by atoms with van der Waals surface area (Å²) in [6.07, 6.45) is 1.48. The van der Waals surface area contributed by atoms with Gasteiger partial charge >= 0.3 is 5.97 Å². The van der Waals surface area contributed by atoms with Crippen molar-refractivity contribution in [3.63, 3.8) is 0 Å². The van der Waals surface area contributed by atoms with Crippen LogP contribution in [0, 0.1) is 5.92 Å². The molecule has 1 aromatic rings. The average Bonchev–Trinajstić information content (AvgIpc) is 2.15. The number of thioether (sulfide) groups is 1. The second-order valence-corrected chi connectivity index (χ2v) is 4.64. The molecule has 0 atom stereocenters. The van der Waals surface area contributed by atoms with E-state index in [0.717, 1.165) is 5.75 Å². The number of pyridine rings is 1. The quantitative estimate of drug-likeness (QED) is 0.769. The molecule has 0 saturated heterocycles. The van der Waals surface area contributed by atoms with Crippen LogP contribution in [-0.4, -0.2) is 21.8 Å². The van der Waals surface area contributed by atoms with Crippen LogP contribution in [0.2, 0.25) is 0 Å². The number of nitrogens with two attached hydrogens (primary N) is 1. The van der Waals surface area contributed by atoms with E-state index in [1.54, 1.807) is 0 Å². The normalized spacial score (nSPS) is 10.6. The molecule has 0 bridgehead atoms. The summed E-state index contributed by atoms with van der Waals surface area (Å²) in [5, 5.41) is 9.48. The maximum absolute atomic E-state index is 10.9. The number of carboxylic acids is 1. The van der Waals surface area contributed by atoms with E-state index in [1.165, 1.54) is 24.0 Å². The van der Waals surface area contributed by atoms with Crippen LogP contribution in [-0.2, 0) is 0 Å². The smallest absolute Gasteiger partial charge is 0.338 e. The first-order valence-electron chi connectivity index (χ1n) is 4.62. The SMILES string of the molecule is CC(C)CSc1ncc(N)cc1C(=O)O. The van der Waals surface area contributed by atoms with Gasteiger partial charge in [-0.3, -0.25) is 0 Å². The van der Waals surface area contributed by atoms with Gasteiger partial charge in [-0.25, -0.2) is 9.78 Å². The lowest BCUT2D eigenvalue weighted by Crippen LogP contribution is -2.03. The number of carbonyl (C=O) groups is 1. The molecule has 0 aromatic carbocycles. The molecule has 1 heterocycles. The summed E-state index contributed by atoms with van der Waals surface area (Å²) in [5.41, 5.74) is 6.04. The van der Waals surface area contributed by atoms with E-state index in [9.17, 15) is 4.79 Å². The highest BCUT2D eigenvalue weighted by Gasteiger charge is 2.12. The molecule has 0 aliphatic heterocycles. The first-order chi connectivity index (χ1) is 7.00. The van der Waals surface area contributed by atoms with Crippen molar-refractivity contribution in [2.24, 2.45) is 5.92 Å². The number of carboxylic acid groups (broad SMARTS) is 1. The van der Waals surface area contributed by atoms with E-state index < -0.39 is 5.97 Å². The summed E-state index contributed by atoms with van der Waals surface area (Å²) >= 11 is 1.44. The van der Waals surface area contributed by atoms with Gasteiger partial charge in [0.2, 0.25) is 0 Å². The maximum atomic E-state index is 10.9. The second-order valence-electron chi connectivity index (χ2n) is 3.63. The lowest BCUT2D eigenvalue weighted by atomic mass is 10.3. The van der Waals surface area contributed by atoms with Crippen LogP contribution in [0.3, 0.4) is 0 Å². The van der Waals surface area contributed by atoms with E-state index in [2.05, 4.69) is 18.8 Å². The Labute approximate surface area is 92.9 Å². The molecular formula is C10H14N2O2S. The van der Waals surface area contributed by atoms with Crippen molar-refractivity contribution in [3.05, 3.63) is 17.8 Å². The molecule has 0 saturated carbocycles. The summed E-state index contributed by atoms with van der Waals surface area (Å²) < 4.78 is 0. The minimum Gasteiger partial charge on any atom is -0.478 e. The fourth-order valence-electron chi connectivity index (χ4n) is 0.982. The molecule has 15 heavy (non-hydrogen) atoms. The molecule has 1 aromatic heterocycles. The largest absolute Gasteiger partial charge is 0.478 e. The Balaban J connectivity index is 2.91. The van der Waals surface area contributed by atoms with E-state index in [4.69, 9.17) is 10.8 Å². The standard InChI is InChI=1S/C10H14N2O2S/c1-6(2)5-15-9-8(10(13)14)3-7(11)4-12-9/h3-4,6H,5,11H2,1-2H3,(H,13,14). The molecule has 82 valence electrons. The number of rotatable bonds is 4. The zero-order valence-electron chi connectivity index (χ0n) is 8.73. The number of nitrogen functional groups attached to an aromatic ring is 1. The van der Waals surface area contributed by atoms with Gasteiger partial charge in [-0.2, -0.15) is 0 Å². The Hall–Kier alpha value is -1.23. The van der Waals surface area contributed by atoms with Gasteiger partial charge in [0.1, 0.15) is 5.03 Å². The molecule has 4 nitrogen and oxygen atoms in total. The zero-order chi connectivity index (χ0) is 11.4. The van der Waals surface area contributed by atoms with Crippen molar-refractivity contribution in [1.82, 2.24) is 4.98 Å². The Morgan fingerprint density at radius 1 is 1.67 bits per heavy atom. The number of anilines is 1. The summed E-state index contributed by atoms with van der Waals surface area (Å²) in [7, 11) is 0. The zero-order valence-corrected chi connectivity index (χ0v) is 9.54. The third-order valence-electron chi connectivity index (χ3n) is 1.66. The van der Waals surface area contributed by atoms with Crippen LogP contribution in [0.25, 0.3) is 0 Å². The van der Waals surface area contributed by atoms with Crippen molar-refractivity contribution >= 4 is 23.4 Å². The second kappa shape index (κ2) is 5.02. The van der Waals surface area contributed by atoms with E-state index in [0.29, 0.717) is 16.6 Å². The monoisotopic (exact) mass is 226 g/mol. The molecule has 0 amide bonds. The van der Waals surface area contributed by atoms with Crippen molar-refractivity contribution in [3.8, 4) is 0 Å². The number of aromatic nitrogens is 1. The Morgan fingerprint density at radius 3 is 2.87 bits per heavy atom. The van der Waals surface area contributed by atoms with Crippen LogP contribution in [0.5, 0.6) is 0 Å². The Bertz CT molecular complexity index is 366. The number of nitrogens with zero attached hydrogens (tertiary/aromatic N) is 1. The topological polar surface area (TPSA) is 76.2 Å². The average molecular weight is 226 g/mol. The first kappa shape index (κ1) is 11.8. The third-order valence-corrected chi connectivity index (χ3v) is 3.09. The minimum absolute atomic E-state index is 0.181. The van der Waals surface area contributed by atoms with Crippen molar-refractivity contribution in [1.29, 1.82) is 0 Å².